The van der Waals surface area contributed by atoms with Crippen molar-refractivity contribution in [3.8, 4) is 45.3 Å². The summed E-state index contributed by atoms with van der Waals surface area (Å²) in [5.41, 5.74) is 3.75. The maximum absolute atomic E-state index is 15.4. The standard InChI is InChI=1S/C49H42F5NO5/c1-6-48(7-2)36-24-27(39-42(50)44(52)46(54)45(53)43(39)51)8-17-32(36)40-34-25-37(55-20-22-59-23-21-55)38(58-5)26-35(34)47-33(41(40)48)18-19-49(60-47,28-9-13-30(56-3)14-10-28)29-11-15-31(57-4)16-12-29/h8-19,24-26H,6-7,20-23H2,1-5H3. The zero-order chi connectivity index (χ0) is 42.1. The predicted octanol–water partition coefficient (Wildman–Crippen LogP) is 11.5. The first-order valence-electron chi connectivity index (χ1n) is 19.9. The Hall–Kier alpha value is -6.07. The first-order valence-corrected chi connectivity index (χ1v) is 19.9. The maximum Gasteiger partial charge on any atom is 0.200 e. The Morgan fingerprint density at radius 3 is 1.78 bits per heavy atom. The van der Waals surface area contributed by atoms with Gasteiger partial charge in [-0.05, 0) is 94.6 Å². The Morgan fingerprint density at radius 2 is 1.23 bits per heavy atom. The van der Waals surface area contributed by atoms with Crippen molar-refractivity contribution in [3.63, 3.8) is 0 Å². The highest BCUT2D eigenvalue weighted by Gasteiger charge is 2.47. The fourth-order valence-corrected chi connectivity index (χ4v) is 9.59. The molecule has 0 unspecified atom stereocenters. The molecule has 6 nitrogen and oxygen atoms in total. The van der Waals surface area contributed by atoms with Gasteiger partial charge in [-0.2, -0.15) is 0 Å². The van der Waals surface area contributed by atoms with Crippen LogP contribution in [0, 0.1) is 29.1 Å². The third-order valence-corrected chi connectivity index (χ3v) is 12.7. The summed E-state index contributed by atoms with van der Waals surface area (Å²) < 4.78 is 105. The number of hydrogen-bond acceptors (Lipinski definition) is 6. The normalized spacial score (nSPS) is 15.9. The lowest BCUT2D eigenvalue weighted by Crippen LogP contribution is -2.36. The van der Waals surface area contributed by atoms with Gasteiger partial charge in [0.25, 0.3) is 0 Å². The van der Waals surface area contributed by atoms with E-state index in [1.807, 2.05) is 74.5 Å². The molecule has 0 radical (unpaired) electrons. The van der Waals surface area contributed by atoms with E-state index in [1.165, 1.54) is 6.07 Å². The Bertz CT molecular complexity index is 2630. The van der Waals surface area contributed by atoms with Crippen LogP contribution in [0.5, 0.6) is 23.0 Å². The van der Waals surface area contributed by atoms with Crippen molar-refractivity contribution in [2.45, 2.75) is 37.7 Å². The van der Waals surface area contributed by atoms with E-state index in [9.17, 15) is 13.2 Å². The van der Waals surface area contributed by atoms with E-state index >= 15 is 8.78 Å². The molecular formula is C49H42F5NO5. The molecule has 0 aromatic heterocycles. The van der Waals surface area contributed by atoms with Crippen LogP contribution in [0.4, 0.5) is 27.6 Å². The average molecular weight is 820 g/mol. The number of halogens is 5. The van der Waals surface area contributed by atoms with Crippen molar-refractivity contribution in [3.05, 3.63) is 142 Å². The van der Waals surface area contributed by atoms with Crippen molar-refractivity contribution < 1.29 is 45.6 Å². The number of anilines is 1. The second-order valence-corrected chi connectivity index (χ2v) is 15.3. The van der Waals surface area contributed by atoms with Gasteiger partial charge in [0, 0.05) is 40.6 Å². The minimum Gasteiger partial charge on any atom is -0.497 e. The van der Waals surface area contributed by atoms with Gasteiger partial charge < -0.3 is 28.6 Å². The van der Waals surface area contributed by atoms with Crippen LogP contribution in [0.25, 0.3) is 39.1 Å². The van der Waals surface area contributed by atoms with Crippen LogP contribution in [0.2, 0.25) is 0 Å². The van der Waals surface area contributed by atoms with E-state index in [2.05, 4.69) is 17.0 Å². The minimum atomic E-state index is -2.20. The van der Waals surface area contributed by atoms with E-state index in [0.29, 0.717) is 62.1 Å². The van der Waals surface area contributed by atoms with Gasteiger partial charge in [0.2, 0.25) is 5.82 Å². The van der Waals surface area contributed by atoms with Gasteiger partial charge in [-0.1, -0.05) is 56.3 Å². The molecular weight excluding hydrogens is 778 g/mol. The molecule has 0 atom stereocenters. The molecule has 0 amide bonds. The number of morpholine rings is 1. The van der Waals surface area contributed by atoms with Crippen LogP contribution < -0.4 is 23.8 Å². The van der Waals surface area contributed by atoms with Gasteiger partial charge in [-0.15, -0.1) is 0 Å². The number of hydrogen-bond donors (Lipinski definition) is 0. The largest absolute Gasteiger partial charge is 0.497 e. The topological polar surface area (TPSA) is 49.4 Å². The molecule has 3 aliphatic rings. The van der Waals surface area contributed by atoms with Gasteiger partial charge in [0.1, 0.15) is 23.0 Å². The van der Waals surface area contributed by atoms with Crippen molar-refractivity contribution in [1.82, 2.24) is 0 Å². The Kier molecular flexibility index (Phi) is 9.77. The van der Waals surface area contributed by atoms with Crippen molar-refractivity contribution in [2.24, 2.45) is 0 Å². The van der Waals surface area contributed by atoms with E-state index < -0.39 is 45.7 Å². The van der Waals surface area contributed by atoms with Crippen molar-refractivity contribution in [2.75, 3.05) is 52.5 Å². The first kappa shape index (κ1) is 39.4. The zero-order valence-corrected chi connectivity index (χ0v) is 33.8. The van der Waals surface area contributed by atoms with Crippen LogP contribution in [-0.2, 0) is 15.8 Å². The lowest BCUT2D eigenvalue weighted by atomic mass is 9.70. The Balaban J connectivity index is 1.37. The fourth-order valence-electron chi connectivity index (χ4n) is 9.59. The number of benzene rings is 6. The van der Waals surface area contributed by atoms with E-state index in [0.717, 1.165) is 55.4 Å². The monoisotopic (exact) mass is 819 g/mol. The molecule has 2 aliphatic heterocycles. The summed E-state index contributed by atoms with van der Waals surface area (Å²) in [6.07, 6.45) is 5.23. The highest BCUT2D eigenvalue weighted by atomic mass is 19.2. The van der Waals surface area contributed by atoms with Gasteiger partial charge in [0.05, 0.1) is 45.8 Å². The molecule has 6 aromatic rings. The Morgan fingerprint density at radius 1 is 0.650 bits per heavy atom. The zero-order valence-electron chi connectivity index (χ0n) is 33.8. The molecule has 9 rings (SSSR count). The van der Waals surface area contributed by atoms with Crippen LogP contribution in [0.1, 0.15) is 54.5 Å². The fraction of sp³-hybridized carbons (Fsp3) is 0.265. The Labute approximate surface area is 344 Å². The summed E-state index contributed by atoms with van der Waals surface area (Å²) in [7, 11) is 4.87. The van der Waals surface area contributed by atoms with Gasteiger partial charge in [-0.25, -0.2) is 22.0 Å². The van der Waals surface area contributed by atoms with E-state index in [4.69, 9.17) is 23.7 Å². The van der Waals surface area contributed by atoms with Gasteiger partial charge >= 0.3 is 0 Å². The number of methoxy groups -OCH3 is 3. The second-order valence-electron chi connectivity index (χ2n) is 15.3. The summed E-state index contributed by atoms with van der Waals surface area (Å²) in [4.78, 5) is 2.22. The minimum absolute atomic E-state index is 0.112. The summed E-state index contributed by atoms with van der Waals surface area (Å²) in [5, 5.41) is 1.62. The molecule has 0 bridgehead atoms. The molecule has 2 heterocycles. The van der Waals surface area contributed by atoms with Crippen molar-refractivity contribution >= 4 is 22.5 Å². The number of fused-ring (bicyclic) bond motifs is 8. The molecule has 6 aromatic carbocycles. The van der Waals surface area contributed by atoms with Crippen molar-refractivity contribution in [1.29, 1.82) is 0 Å². The van der Waals surface area contributed by atoms with Gasteiger partial charge in [0.15, 0.2) is 28.9 Å². The lowest BCUT2D eigenvalue weighted by Gasteiger charge is -2.39. The quantitative estimate of drug-likeness (QED) is 0.0823. The highest BCUT2D eigenvalue weighted by molar-refractivity contribution is 6.10. The second kappa shape index (κ2) is 14.9. The van der Waals surface area contributed by atoms with E-state index in [1.54, 1.807) is 33.5 Å². The number of ether oxygens (including phenoxy) is 5. The molecule has 60 heavy (non-hydrogen) atoms. The van der Waals surface area contributed by atoms with E-state index in [-0.39, 0.29) is 5.56 Å². The van der Waals surface area contributed by atoms with Crippen LogP contribution in [-0.4, -0.2) is 47.6 Å². The molecule has 0 N–H and O–H groups in total. The molecule has 1 saturated heterocycles. The third kappa shape index (κ3) is 5.68. The third-order valence-electron chi connectivity index (χ3n) is 12.7. The summed E-state index contributed by atoms with van der Waals surface area (Å²) >= 11 is 0. The summed E-state index contributed by atoms with van der Waals surface area (Å²) in [6.45, 7) is 6.46. The summed E-state index contributed by atoms with van der Waals surface area (Å²) in [5.74, 6) is -7.33. The molecule has 1 aliphatic carbocycles. The maximum atomic E-state index is 15.4. The van der Waals surface area contributed by atoms with Crippen LogP contribution in [0.15, 0.2) is 84.9 Å². The average Bonchev–Trinajstić information content (AvgIpc) is 3.60. The molecule has 11 heteroatoms. The molecule has 0 spiro atoms. The number of rotatable bonds is 9. The first-order chi connectivity index (χ1) is 29.0. The molecule has 1 fully saturated rings. The van der Waals surface area contributed by atoms with Crippen LogP contribution >= 0.6 is 0 Å². The SMILES string of the molecule is CCC1(CC)c2cc(-c3c(F)c(F)c(F)c(F)c3F)ccc2-c2c1c1c(c3cc(OC)c(N4CCOCC4)cc23)OC(c2ccc(OC)cc2)(c2ccc(OC)cc2)C=C1. The van der Waals surface area contributed by atoms with Crippen LogP contribution in [0.3, 0.4) is 0 Å². The number of nitrogens with zero attached hydrogens (tertiary/aromatic N) is 1. The molecule has 0 saturated carbocycles. The predicted molar refractivity (Wildman–Crippen MR) is 222 cm³/mol. The molecule has 308 valence electrons. The van der Waals surface area contributed by atoms with Gasteiger partial charge in [-0.3, -0.25) is 0 Å². The highest BCUT2D eigenvalue weighted by Crippen LogP contribution is 2.62. The lowest BCUT2D eigenvalue weighted by molar-refractivity contribution is 0.122. The smallest absolute Gasteiger partial charge is 0.200 e. The summed E-state index contributed by atoms with van der Waals surface area (Å²) in [6, 6.07) is 24.4.